The van der Waals surface area contributed by atoms with Crippen molar-refractivity contribution in [3.05, 3.63) is 54.0 Å². The van der Waals surface area contributed by atoms with Crippen LogP contribution in [-0.4, -0.2) is 27.9 Å². The van der Waals surface area contributed by atoms with Gasteiger partial charge in [-0.15, -0.1) is 0 Å². The third-order valence-electron chi connectivity index (χ3n) is 5.48. The van der Waals surface area contributed by atoms with Crippen LogP contribution in [0.5, 0.6) is 0 Å². The number of amides is 3. The highest BCUT2D eigenvalue weighted by atomic mass is 19.1. The van der Waals surface area contributed by atoms with Gasteiger partial charge in [0.25, 0.3) is 5.91 Å². The summed E-state index contributed by atoms with van der Waals surface area (Å²) in [5.74, 6) is -1.87. The summed E-state index contributed by atoms with van der Waals surface area (Å²) < 4.78 is 14.9. The molecular weight excluding hydrogens is 399 g/mol. The fraction of sp³-hybridized carbons (Fsp3) is 0.273. The largest absolute Gasteiger partial charge is 0.365 e. The lowest BCUT2D eigenvalue weighted by atomic mass is 9.94. The number of carbonyl (C=O) groups excluding carboxylic acids is 2. The standard InChI is InChI=1S/C22H23FN6O2/c23-17-11-16(19(24)30)20(27-14-10-13-6-4-5-9-18(13)26-12-14)28-21(17)29(22(25)31)15-7-2-1-3-8-15/h4-6,9-12,15H,1-3,7-8H2,(H2,24,30)(H2,25,31)(H,27,28). The zero-order valence-corrected chi connectivity index (χ0v) is 16.8. The van der Waals surface area contributed by atoms with Gasteiger partial charge < -0.3 is 16.8 Å². The molecule has 0 spiro atoms. The fourth-order valence-electron chi connectivity index (χ4n) is 4.00. The molecule has 0 saturated heterocycles. The molecule has 0 radical (unpaired) electrons. The molecule has 0 aliphatic heterocycles. The van der Waals surface area contributed by atoms with Crippen LogP contribution < -0.4 is 21.7 Å². The van der Waals surface area contributed by atoms with Crippen molar-refractivity contribution < 1.29 is 14.0 Å². The maximum Gasteiger partial charge on any atom is 0.320 e. The Morgan fingerprint density at radius 2 is 1.84 bits per heavy atom. The Balaban J connectivity index is 1.76. The predicted molar refractivity (Wildman–Crippen MR) is 117 cm³/mol. The highest BCUT2D eigenvalue weighted by molar-refractivity contribution is 5.99. The van der Waals surface area contributed by atoms with Crippen LogP contribution >= 0.6 is 0 Å². The number of pyridine rings is 2. The molecule has 31 heavy (non-hydrogen) atoms. The number of primary amides is 2. The number of hydrogen-bond donors (Lipinski definition) is 3. The SMILES string of the molecule is NC(=O)c1cc(F)c(N(C(N)=O)C2CCCCC2)nc1Nc1cnc2ccccc2c1. The summed E-state index contributed by atoms with van der Waals surface area (Å²) in [6, 6.07) is 9.30. The molecule has 8 nitrogen and oxygen atoms in total. The van der Waals surface area contributed by atoms with E-state index < -0.39 is 17.8 Å². The van der Waals surface area contributed by atoms with Gasteiger partial charge in [-0.3, -0.25) is 14.7 Å². The highest BCUT2D eigenvalue weighted by Gasteiger charge is 2.30. The average molecular weight is 422 g/mol. The number of benzene rings is 1. The molecule has 2 heterocycles. The summed E-state index contributed by atoms with van der Waals surface area (Å²) in [7, 11) is 0. The Morgan fingerprint density at radius 3 is 2.55 bits per heavy atom. The number of nitrogens with one attached hydrogen (secondary N) is 1. The van der Waals surface area contributed by atoms with E-state index in [2.05, 4.69) is 15.3 Å². The molecule has 1 aromatic carbocycles. The number of nitrogens with zero attached hydrogens (tertiary/aromatic N) is 3. The molecule has 1 aliphatic carbocycles. The van der Waals surface area contributed by atoms with E-state index in [1.807, 2.05) is 30.3 Å². The van der Waals surface area contributed by atoms with Crippen molar-refractivity contribution in [2.45, 2.75) is 38.1 Å². The lowest BCUT2D eigenvalue weighted by molar-refractivity contribution is 0.100. The minimum Gasteiger partial charge on any atom is -0.365 e. The summed E-state index contributed by atoms with van der Waals surface area (Å²) in [6.07, 6.45) is 5.89. The first kappa shape index (κ1) is 20.5. The number of para-hydroxylation sites is 1. The first-order valence-electron chi connectivity index (χ1n) is 10.1. The van der Waals surface area contributed by atoms with Crippen LogP contribution in [0.25, 0.3) is 10.9 Å². The molecular formula is C22H23FN6O2. The molecule has 160 valence electrons. The fourth-order valence-corrected chi connectivity index (χ4v) is 4.00. The van der Waals surface area contributed by atoms with Crippen LogP contribution in [0.15, 0.2) is 42.6 Å². The van der Waals surface area contributed by atoms with Gasteiger partial charge in [0.05, 0.1) is 23.0 Å². The van der Waals surface area contributed by atoms with E-state index in [1.54, 1.807) is 6.20 Å². The Bertz CT molecular complexity index is 1150. The topological polar surface area (TPSA) is 127 Å². The molecule has 0 bridgehead atoms. The van der Waals surface area contributed by atoms with E-state index in [-0.39, 0.29) is 23.2 Å². The van der Waals surface area contributed by atoms with Crippen molar-refractivity contribution in [1.82, 2.24) is 9.97 Å². The van der Waals surface area contributed by atoms with Gasteiger partial charge >= 0.3 is 6.03 Å². The van der Waals surface area contributed by atoms with Crippen molar-refractivity contribution >= 4 is 40.2 Å². The number of halogens is 1. The van der Waals surface area contributed by atoms with E-state index in [9.17, 15) is 14.0 Å². The number of carbonyl (C=O) groups is 2. The molecule has 1 fully saturated rings. The van der Waals surface area contributed by atoms with Crippen LogP contribution in [0.1, 0.15) is 42.5 Å². The summed E-state index contributed by atoms with van der Waals surface area (Å²) >= 11 is 0. The van der Waals surface area contributed by atoms with Gasteiger partial charge in [-0.2, -0.15) is 0 Å². The van der Waals surface area contributed by atoms with Gasteiger partial charge in [-0.1, -0.05) is 37.5 Å². The highest BCUT2D eigenvalue weighted by Crippen LogP contribution is 2.31. The minimum atomic E-state index is -0.850. The second-order valence-corrected chi connectivity index (χ2v) is 7.60. The second-order valence-electron chi connectivity index (χ2n) is 7.60. The molecule has 2 aromatic heterocycles. The van der Waals surface area contributed by atoms with Gasteiger partial charge in [-0.25, -0.2) is 14.2 Å². The average Bonchev–Trinajstić information content (AvgIpc) is 2.76. The van der Waals surface area contributed by atoms with Crippen LogP contribution in [0.3, 0.4) is 0 Å². The molecule has 3 aromatic rings. The molecule has 0 unspecified atom stereocenters. The Kier molecular flexibility index (Phi) is 5.66. The summed E-state index contributed by atoms with van der Waals surface area (Å²) in [5.41, 5.74) is 12.2. The lowest BCUT2D eigenvalue weighted by Crippen LogP contribution is -2.46. The van der Waals surface area contributed by atoms with E-state index >= 15 is 0 Å². The van der Waals surface area contributed by atoms with Crippen molar-refractivity contribution in [2.75, 3.05) is 10.2 Å². The Morgan fingerprint density at radius 1 is 1.10 bits per heavy atom. The minimum absolute atomic E-state index is 0.0306. The summed E-state index contributed by atoms with van der Waals surface area (Å²) in [6.45, 7) is 0. The molecule has 3 amide bonds. The number of fused-ring (bicyclic) bond motifs is 1. The van der Waals surface area contributed by atoms with Gasteiger partial charge in [0, 0.05) is 11.4 Å². The predicted octanol–water partition coefficient (Wildman–Crippen LogP) is 3.83. The molecule has 1 saturated carbocycles. The first-order valence-corrected chi connectivity index (χ1v) is 10.1. The summed E-state index contributed by atoms with van der Waals surface area (Å²) in [4.78, 5) is 34.0. The van der Waals surface area contributed by atoms with Gasteiger partial charge in [0.15, 0.2) is 11.6 Å². The number of aromatic nitrogens is 2. The van der Waals surface area contributed by atoms with Crippen molar-refractivity contribution in [1.29, 1.82) is 0 Å². The smallest absolute Gasteiger partial charge is 0.320 e. The van der Waals surface area contributed by atoms with E-state index in [1.165, 1.54) is 4.90 Å². The van der Waals surface area contributed by atoms with Gasteiger partial charge in [0.2, 0.25) is 0 Å². The molecule has 5 N–H and O–H groups in total. The van der Waals surface area contributed by atoms with Crippen LogP contribution in [0.2, 0.25) is 0 Å². The number of hydrogen-bond acceptors (Lipinski definition) is 5. The maximum atomic E-state index is 14.9. The van der Waals surface area contributed by atoms with E-state index in [0.717, 1.165) is 36.2 Å². The molecule has 9 heteroatoms. The maximum absolute atomic E-state index is 14.9. The second kappa shape index (κ2) is 8.55. The van der Waals surface area contributed by atoms with Gasteiger partial charge in [-0.05, 0) is 31.0 Å². The Labute approximate surface area is 178 Å². The van der Waals surface area contributed by atoms with Gasteiger partial charge in [0.1, 0.15) is 5.82 Å². The molecule has 4 rings (SSSR count). The molecule has 0 atom stereocenters. The molecule has 1 aliphatic rings. The summed E-state index contributed by atoms with van der Waals surface area (Å²) in [5, 5.41) is 3.86. The zero-order chi connectivity index (χ0) is 22.0. The van der Waals surface area contributed by atoms with Crippen LogP contribution in [0.4, 0.5) is 26.5 Å². The van der Waals surface area contributed by atoms with Crippen molar-refractivity contribution in [3.63, 3.8) is 0 Å². The normalized spacial score (nSPS) is 14.4. The quantitative estimate of drug-likeness (QED) is 0.576. The zero-order valence-electron chi connectivity index (χ0n) is 16.8. The van der Waals surface area contributed by atoms with Crippen LogP contribution in [0, 0.1) is 5.82 Å². The van der Waals surface area contributed by atoms with Crippen molar-refractivity contribution in [3.8, 4) is 0 Å². The first-order chi connectivity index (χ1) is 14.9. The lowest BCUT2D eigenvalue weighted by Gasteiger charge is -2.32. The van der Waals surface area contributed by atoms with Crippen molar-refractivity contribution in [2.24, 2.45) is 11.5 Å². The number of nitrogens with two attached hydrogens (primary N) is 2. The third-order valence-corrected chi connectivity index (χ3v) is 5.48. The third kappa shape index (κ3) is 4.25. The van der Waals surface area contributed by atoms with E-state index in [4.69, 9.17) is 11.5 Å². The monoisotopic (exact) mass is 422 g/mol. The van der Waals surface area contributed by atoms with E-state index in [0.29, 0.717) is 18.5 Å². The number of rotatable bonds is 5. The number of urea groups is 1. The number of anilines is 3. The Hall–Kier alpha value is -3.75. The van der Waals surface area contributed by atoms with Crippen LogP contribution in [-0.2, 0) is 0 Å².